The molecule has 0 radical (unpaired) electrons. The molecule has 0 saturated carbocycles. The number of halogens is 1. The van der Waals surface area contributed by atoms with Gasteiger partial charge in [0, 0.05) is 18.5 Å². The molecule has 6 nitrogen and oxygen atoms in total. The highest BCUT2D eigenvalue weighted by Crippen LogP contribution is 2.25. The largest absolute Gasteiger partial charge is 0.497 e. The van der Waals surface area contributed by atoms with Crippen LogP contribution in [0.4, 0.5) is 10.1 Å². The van der Waals surface area contributed by atoms with Gasteiger partial charge in [-0.1, -0.05) is 12.1 Å². The second kappa shape index (κ2) is 8.15. The number of imidazole rings is 1. The van der Waals surface area contributed by atoms with Gasteiger partial charge < -0.3 is 19.4 Å². The second-order valence-electron chi connectivity index (χ2n) is 5.45. The lowest BCUT2D eigenvalue weighted by molar-refractivity contribution is 0.102. The van der Waals surface area contributed by atoms with E-state index in [9.17, 15) is 9.18 Å². The molecule has 0 unspecified atom stereocenters. The summed E-state index contributed by atoms with van der Waals surface area (Å²) >= 11 is 0. The molecule has 3 rings (SSSR count). The summed E-state index contributed by atoms with van der Waals surface area (Å²) in [5.41, 5.74) is 0.400. The van der Waals surface area contributed by atoms with Crippen LogP contribution in [0.15, 0.2) is 61.2 Å². The van der Waals surface area contributed by atoms with Crippen LogP contribution in [-0.2, 0) is 6.54 Å². The van der Waals surface area contributed by atoms with Crippen LogP contribution < -0.4 is 14.8 Å². The molecule has 0 fully saturated rings. The predicted octanol–water partition coefficient (Wildman–Crippen LogP) is 3.36. The van der Waals surface area contributed by atoms with Gasteiger partial charge in [-0.15, -0.1) is 0 Å². The first-order chi connectivity index (χ1) is 12.7. The van der Waals surface area contributed by atoms with Crippen molar-refractivity contribution >= 4 is 11.6 Å². The zero-order valence-electron chi connectivity index (χ0n) is 14.2. The van der Waals surface area contributed by atoms with Gasteiger partial charge in [-0.05, 0) is 24.3 Å². The number of ether oxygens (including phenoxy) is 2. The van der Waals surface area contributed by atoms with Gasteiger partial charge >= 0.3 is 0 Å². The number of carbonyl (C=O) groups is 1. The Kier molecular flexibility index (Phi) is 5.48. The van der Waals surface area contributed by atoms with Gasteiger partial charge in [0.05, 0.1) is 31.2 Å². The smallest absolute Gasteiger partial charge is 0.258 e. The first-order valence-corrected chi connectivity index (χ1v) is 8.00. The van der Waals surface area contributed by atoms with Crippen LogP contribution in [0, 0.1) is 5.82 Å². The number of carbonyl (C=O) groups excluding carboxylic acids is 1. The van der Waals surface area contributed by atoms with Crippen molar-refractivity contribution in [3.63, 3.8) is 0 Å². The lowest BCUT2D eigenvalue weighted by Gasteiger charge is -2.13. The van der Waals surface area contributed by atoms with E-state index < -0.39 is 11.7 Å². The van der Waals surface area contributed by atoms with Crippen molar-refractivity contribution in [3.8, 4) is 11.5 Å². The van der Waals surface area contributed by atoms with Gasteiger partial charge in [0.1, 0.15) is 23.9 Å². The molecular weight excluding hydrogens is 337 g/mol. The van der Waals surface area contributed by atoms with Crippen molar-refractivity contribution in [3.05, 3.63) is 72.6 Å². The summed E-state index contributed by atoms with van der Waals surface area (Å²) < 4.78 is 26.6. The Bertz CT molecular complexity index is 881. The first-order valence-electron chi connectivity index (χ1n) is 8.00. The summed E-state index contributed by atoms with van der Waals surface area (Å²) in [7, 11) is 1.44. The topological polar surface area (TPSA) is 65.4 Å². The molecule has 134 valence electrons. The molecule has 0 atom stereocenters. The maximum absolute atomic E-state index is 14.1. The Morgan fingerprint density at radius 2 is 2.12 bits per heavy atom. The Morgan fingerprint density at radius 3 is 2.85 bits per heavy atom. The van der Waals surface area contributed by atoms with E-state index in [-0.39, 0.29) is 5.56 Å². The van der Waals surface area contributed by atoms with E-state index in [1.54, 1.807) is 36.8 Å². The van der Waals surface area contributed by atoms with Crippen LogP contribution in [0.25, 0.3) is 0 Å². The van der Waals surface area contributed by atoms with E-state index in [2.05, 4.69) is 10.3 Å². The fourth-order valence-electron chi connectivity index (χ4n) is 2.37. The number of nitrogens with zero attached hydrogens (tertiary/aromatic N) is 2. The SMILES string of the molecule is COc1ccc(C(=O)Nc2ccccc2OCCn2ccnc2)c(F)c1. The number of anilines is 1. The molecule has 2 aromatic carbocycles. The molecular formula is C19H18FN3O3. The minimum absolute atomic E-state index is 0.0704. The van der Waals surface area contributed by atoms with Gasteiger partial charge in [0.2, 0.25) is 0 Å². The molecule has 1 heterocycles. The molecule has 1 N–H and O–H groups in total. The predicted molar refractivity (Wildman–Crippen MR) is 95.1 cm³/mol. The van der Waals surface area contributed by atoms with Gasteiger partial charge in [-0.3, -0.25) is 4.79 Å². The minimum atomic E-state index is -0.652. The second-order valence-corrected chi connectivity index (χ2v) is 5.45. The number of rotatable bonds is 7. The Hall–Kier alpha value is -3.35. The van der Waals surface area contributed by atoms with E-state index in [0.717, 1.165) is 0 Å². The number of hydrogen-bond acceptors (Lipinski definition) is 4. The third-order valence-electron chi connectivity index (χ3n) is 3.72. The van der Waals surface area contributed by atoms with Crippen molar-refractivity contribution < 1.29 is 18.7 Å². The Morgan fingerprint density at radius 1 is 1.27 bits per heavy atom. The molecule has 0 aliphatic carbocycles. The maximum Gasteiger partial charge on any atom is 0.258 e. The number of nitrogens with one attached hydrogen (secondary N) is 1. The standard InChI is InChI=1S/C19H18FN3O3/c1-25-14-6-7-15(16(20)12-14)19(24)22-17-4-2-3-5-18(17)26-11-10-23-9-8-21-13-23/h2-9,12-13H,10-11H2,1H3,(H,22,24). The Balaban J connectivity index is 1.68. The molecule has 0 aliphatic rings. The molecule has 1 amide bonds. The fourth-order valence-corrected chi connectivity index (χ4v) is 2.37. The normalized spacial score (nSPS) is 10.4. The molecule has 26 heavy (non-hydrogen) atoms. The third-order valence-corrected chi connectivity index (χ3v) is 3.72. The molecule has 0 saturated heterocycles. The number of benzene rings is 2. The van der Waals surface area contributed by atoms with Crippen LogP contribution >= 0.6 is 0 Å². The summed E-state index contributed by atoms with van der Waals surface area (Å²) in [5, 5.41) is 2.68. The first kappa shape index (κ1) is 17.5. The quantitative estimate of drug-likeness (QED) is 0.706. The van der Waals surface area contributed by atoms with Crippen molar-refractivity contribution in [2.45, 2.75) is 6.54 Å². The van der Waals surface area contributed by atoms with Gasteiger partial charge in [-0.2, -0.15) is 0 Å². The summed E-state index contributed by atoms with van der Waals surface area (Å²) in [6.45, 7) is 1.02. The fraction of sp³-hybridized carbons (Fsp3) is 0.158. The summed E-state index contributed by atoms with van der Waals surface area (Å²) in [6, 6.07) is 11.1. The lowest BCUT2D eigenvalue weighted by Crippen LogP contribution is -2.15. The number of hydrogen-bond donors (Lipinski definition) is 1. The molecule has 0 spiro atoms. The zero-order chi connectivity index (χ0) is 18.4. The monoisotopic (exact) mass is 355 g/mol. The van der Waals surface area contributed by atoms with Gasteiger partial charge in [0.25, 0.3) is 5.91 Å². The average Bonchev–Trinajstić information content (AvgIpc) is 3.16. The van der Waals surface area contributed by atoms with Crippen LogP contribution in [-0.4, -0.2) is 29.2 Å². The number of amides is 1. The summed E-state index contributed by atoms with van der Waals surface area (Å²) in [4.78, 5) is 16.4. The highest BCUT2D eigenvalue weighted by Gasteiger charge is 2.14. The molecule has 0 bridgehead atoms. The van der Waals surface area contributed by atoms with Crippen molar-refractivity contribution in [1.82, 2.24) is 9.55 Å². The highest BCUT2D eigenvalue weighted by molar-refractivity contribution is 6.05. The van der Waals surface area contributed by atoms with E-state index in [1.807, 2.05) is 10.8 Å². The van der Waals surface area contributed by atoms with E-state index >= 15 is 0 Å². The van der Waals surface area contributed by atoms with Gasteiger partial charge in [0.15, 0.2) is 0 Å². The van der Waals surface area contributed by atoms with Crippen molar-refractivity contribution in [2.24, 2.45) is 0 Å². The Labute approximate surface area is 150 Å². The summed E-state index contributed by atoms with van der Waals surface area (Å²) in [6.07, 6.45) is 5.23. The zero-order valence-corrected chi connectivity index (χ0v) is 14.2. The van der Waals surface area contributed by atoms with E-state index in [1.165, 1.54) is 25.3 Å². The van der Waals surface area contributed by atoms with Crippen LogP contribution in [0.2, 0.25) is 0 Å². The number of methoxy groups -OCH3 is 1. The van der Waals surface area contributed by atoms with E-state index in [4.69, 9.17) is 9.47 Å². The molecule has 7 heteroatoms. The molecule has 3 aromatic rings. The average molecular weight is 355 g/mol. The minimum Gasteiger partial charge on any atom is -0.497 e. The maximum atomic E-state index is 14.1. The molecule has 0 aliphatic heterocycles. The third kappa shape index (κ3) is 4.18. The highest BCUT2D eigenvalue weighted by atomic mass is 19.1. The van der Waals surface area contributed by atoms with Crippen molar-refractivity contribution in [1.29, 1.82) is 0 Å². The van der Waals surface area contributed by atoms with Crippen LogP contribution in [0.5, 0.6) is 11.5 Å². The van der Waals surface area contributed by atoms with Crippen molar-refractivity contribution in [2.75, 3.05) is 19.0 Å². The number of aromatic nitrogens is 2. The number of para-hydroxylation sites is 2. The summed E-state index contributed by atoms with van der Waals surface area (Å²) in [5.74, 6) is -0.353. The lowest BCUT2D eigenvalue weighted by atomic mass is 10.2. The van der Waals surface area contributed by atoms with Crippen LogP contribution in [0.1, 0.15) is 10.4 Å². The van der Waals surface area contributed by atoms with Gasteiger partial charge in [-0.25, -0.2) is 9.37 Å². The van der Waals surface area contributed by atoms with Crippen LogP contribution in [0.3, 0.4) is 0 Å². The molecule has 1 aromatic heterocycles. The van der Waals surface area contributed by atoms with E-state index in [0.29, 0.717) is 30.3 Å².